The van der Waals surface area contributed by atoms with Gasteiger partial charge in [0.2, 0.25) is 0 Å². The predicted molar refractivity (Wildman–Crippen MR) is 80.9 cm³/mol. The van der Waals surface area contributed by atoms with Crippen molar-refractivity contribution in [3.8, 4) is 0 Å². The Kier molecular flexibility index (Phi) is 6.81. The van der Waals surface area contributed by atoms with Gasteiger partial charge in [0.1, 0.15) is 0 Å². The molecule has 0 aliphatic heterocycles. The van der Waals surface area contributed by atoms with E-state index in [4.69, 9.17) is 5.73 Å². The zero-order valence-corrected chi connectivity index (χ0v) is 12.2. The molecule has 0 saturated heterocycles. The number of rotatable bonds is 8. The summed E-state index contributed by atoms with van der Waals surface area (Å²) in [6.07, 6.45) is 3.82. The molecule has 2 N–H and O–H groups in total. The van der Waals surface area contributed by atoms with Crippen molar-refractivity contribution in [1.82, 2.24) is 4.90 Å². The van der Waals surface area contributed by atoms with E-state index in [2.05, 4.69) is 37.8 Å². The smallest absolute Gasteiger partial charge is 0.0314 e. The number of hydrogen-bond donors (Lipinski definition) is 1. The summed E-state index contributed by atoms with van der Waals surface area (Å²) >= 11 is 0. The molecule has 18 heavy (non-hydrogen) atoms. The first-order valence-electron chi connectivity index (χ1n) is 7.25. The van der Waals surface area contributed by atoms with Crippen molar-refractivity contribution in [2.75, 3.05) is 25.4 Å². The molecule has 0 saturated carbocycles. The first-order chi connectivity index (χ1) is 8.67. The van der Waals surface area contributed by atoms with Crippen LogP contribution in [0.2, 0.25) is 0 Å². The van der Waals surface area contributed by atoms with Gasteiger partial charge < -0.3 is 10.6 Å². The van der Waals surface area contributed by atoms with Crippen molar-refractivity contribution >= 4 is 5.69 Å². The van der Waals surface area contributed by atoms with E-state index in [1.807, 2.05) is 12.1 Å². The van der Waals surface area contributed by atoms with Gasteiger partial charge in [0.15, 0.2) is 0 Å². The van der Waals surface area contributed by atoms with Gasteiger partial charge in [0.05, 0.1) is 0 Å². The van der Waals surface area contributed by atoms with Crippen LogP contribution in [0.15, 0.2) is 24.3 Å². The van der Waals surface area contributed by atoms with Gasteiger partial charge in [-0.3, -0.25) is 0 Å². The molecule has 0 amide bonds. The molecule has 0 aliphatic carbocycles. The van der Waals surface area contributed by atoms with E-state index in [9.17, 15) is 0 Å². The van der Waals surface area contributed by atoms with Crippen LogP contribution in [0.1, 0.15) is 51.5 Å². The highest BCUT2D eigenvalue weighted by atomic mass is 15.1. The molecular formula is C16H28N2. The minimum atomic E-state index is 0.612. The maximum atomic E-state index is 5.72. The number of nitrogens with zero attached hydrogens (tertiary/aromatic N) is 1. The predicted octanol–water partition coefficient (Wildman–Crippen LogP) is 3.88. The van der Waals surface area contributed by atoms with E-state index >= 15 is 0 Å². The fourth-order valence-electron chi connectivity index (χ4n) is 2.18. The van der Waals surface area contributed by atoms with Crippen LogP contribution >= 0.6 is 0 Å². The van der Waals surface area contributed by atoms with E-state index in [0.717, 1.165) is 12.2 Å². The molecule has 1 aromatic rings. The van der Waals surface area contributed by atoms with Crippen LogP contribution < -0.4 is 5.73 Å². The van der Waals surface area contributed by atoms with Gasteiger partial charge in [-0.05, 0) is 56.1 Å². The standard InChI is InChI=1S/C16H28N2/c1-4-6-12-18(5-2)13-11-14(3)15-7-9-16(17)10-8-15/h7-10,14H,4-6,11-13,17H2,1-3H3. The summed E-state index contributed by atoms with van der Waals surface area (Å²) in [4.78, 5) is 2.55. The van der Waals surface area contributed by atoms with Gasteiger partial charge in [-0.15, -0.1) is 0 Å². The second-order valence-corrected chi connectivity index (χ2v) is 5.14. The Balaban J connectivity index is 2.39. The number of nitrogens with two attached hydrogens (primary N) is 1. The third-order valence-electron chi connectivity index (χ3n) is 3.66. The number of anilines is 1. The maximum absolute atomic E-state index is 5.72. The molecule has 1 rings (SSSR count). The second-order valence-electron chi connectivity index (χ2n) is 5.14. The summed E-state index contributed by atoms with van der Waals surface area (Å²) in [6.45, 7) is 10.4. The van der Waals surface area contributed by atoms with Crippen molar-refractivity contribution < 1.29 is 0 Å². The molecule has 2 heteroatoms. The summed E-state index contributed by atoms with van der Waals surface area (Å²) in [7, 11) is 0. The van der Waals surface area contributed by atoms with Crippen LogP contribution in [0.4, 0.5) is 5.69 Å². The minimum Gasteiger partial charge on any atom is -0.399 e. The molecule has 0 aromatic heterocycles. The molecule has 102 valence electrons. The first kappa shape index (κ1) is 15.0. The SMILES string of the molecule is CCCCN(CC)CCC(C)c1ccc(N)cc1. The number of nitrogen functional groups attached to an aromatic ring is 1. The van der Waals surface area contributed by atoms with Gasteiger partial charge in [0, 0.05) is 5.69 Å². The molecule has 0 aliphatic rings. The quantitative estimate of drug-likeness (QED) is 0.707. The molecule has 0 fully saturated rings. The zero-order chi connectivity index (χ0) is 13.4. The highest BCUT2D eigenvalue weighted by molar-refractivity contribution is 5.40. The van der Waals surface area contributed by atoms with Gasteiger partial charge in [-0.25, -0.2) is 0 Å². The maximum Gasteiger partial charge on any atom is 0.0314 e. The highest BCUT2D eigenvalue weighted by Gasteiger charge is 2.08. The van der Waals surface area contributed by atoms with Crippen LogP contribution in [0.5, 0.6) is 0 Å². The summed E-state index contributed by atoms with van der Waals surface area (Å²) in [5, 5.41) is 0. The Hall–Kier alpha value is -1.02. The van der Waals surface area contributed by atoms with E-state index in [1.165, 1.54) is 37.9 Å². The van der Waals surface area contributed by atoms with Crippen LogP contribution in [0.25, 0.3) is 0 Å². The van der Waals surface area contributed by atoms with Crippen molar-refractivity contribution in [3.05, 3.63) is 29.8 Å². The lowest BCUT2D eigenvalue weighted by Gasteiger charge is -2.22. The summed E-state index contributed by atoms with van der Waals surface area (Å²) in [5.41, 5.74) is 7.97. The Bertz CT molecular complexity index is 318. The second kappa shape index (κ2) is 8.15. The largest absolute Gasteiger partial charge is 0.399 e. The molecule has 1 unspecified atom stereocenters. The molecule has 2 nitrogen and oxygen atoms in total. The molecule has 0 heterocycles. The summed E-state index contributed by atoms with van der Waals surface area (Å²) in [5.74, 6) is 0.612. The Labute approximate surface area is 112 Å². The Morgan fingerprint density at radius 2 is 1.78 bits per heavy atom. The summed E-state index contributed by atoms with van der Waals surface area (Å²) in [6, 6.07) is 8.31. The number of unbranched alkanes of at least 4 members (excludes halogenated alkanes) is 1. The van der Waals surface area contributed by atoms with Crippen molar-refractivity contribution in [2.24, 2.45) is 0 Å². The van der Waals surface area contributed by atoms with Crippen LogP contribution in [0.3, 0.4) is 0 Å². The van der Waals surface area contributed by atoms with E-state index in [-0.39, 0.29) is 0 Å². The average molecular weight is 248 g/mol. The van der Waals surface area contributed by atoms with Gasteiger partial charge in [-0.1, -0.05) is 39.3 Å². The Morgan fingerprint density at radius 1 is 1.11 bits per heavy atom. The molecule has 1 aromatic carbocycles. The topological polar surface area (TPSA) is 29.3 Å². The average Bonchev–Trinajstić information content (AvgIpc) is 2.39. The highest BCUT2D eigenvalue weighted by Crippen LogP contribution is 2.20. The lowest BCUT2D eigenvalue weighted by atomic mass is 9.97. The zero-order valence-electron chi connectivity index (χ0n) is 12.2. The monoisotopic (exact) mass is 248 g/mol. The molecule has 0 spiro atoms. The normalized spacial score (nSPS) is 12.9. The van der Waals surface area contributed by atoms with E-state index < -0.39 is 0 Å². The number of benzene rings is 1. The summed E-state index contributed by atoms with van der Waals surface area (Å²) < 4.78 is 0. The van der Waals surface area contributed by atoms with Crippen molar-refractivity contribution in [2.45, 2.75) is 46.0 Å². The molecule has 1 atom stereocenters. The molecular weight excluding hydrogens is 220 g/mol. The van der Waals surface area contributed by atoms with Crippen molar-refractivity contribution in [3.63, 3.8) is 0 Å². The minimum absolute atomic E-state index is 0.612. The molecule has 0 radical (unpaired) electrons. The fourth-order valence-corrected chi connectivity index (χ4v) is 2.18. The lowest BCUT2D eigenvalue weighted by Crippen LogP contribution is -2.26. The fraction of sp³-hybridized carbons (Fsp3) is 0.625. The Morgan fingerprint density at radius 3 is 2.33 bits per heavy atom. The first-order valence-corrected chi connectivity index (χ1v) is 7.25. The lowest BCUT2D eigenvalue weighted by molar-refractivity contribution is 0.273. The van der Waals surface area contributed by atoms with Crippen LogP contribution in [-0.2, 0) is 0 Å². The van der Waals surface area contributed by atoms with E-state index in [0.29, 0.717) is 5.92 Å². The van der Waals surface area contributed by atoms with Crippen molar-refractivity contribution in [1.29, 1.82) is 0 Å². The molecule has 0 bridgehead atoms. The third kappa shape index (κ3) is 5.09. The van der Waals surface area contributed by atoms with E-state index in [1.54, 1.807) is 0 Å². The third-order valence-corrected chi connectivity index (χ3v) is 3.66. The number of hydrogen-bond acceptors (Lipinski definition) is 2. The van der Waals surface area contributed by atoms with Crippen LogP contribution in [-0.4, -0.2) is 24.5 Å². The van der Waals surface area contributed by atoms with Gasteiger partial charge >= 0.3 is 0 Å². The van der Waals surface area contributed by atoms with Crippen LogP contribution in [0, 0.1) is 0 Å². The van der Waals surface area contributed by atoms with Gasteiger partial charge in [-0.2, -0.15) is 0 Å². The van der Waals surface area contributed by atoms with Gasteiger partial charge in [0.25, 0.3) is 0 Å².